The molecule has 2 atom stereocenters. The topological polar surface area (TPSA) is 15.6 Å². The van der Waals surface area contributed by atoms with Crippen molar-refractivity contribution < 1.29 is 0 Å². The van der Waals surface area contributed by atoms with Crippen molar-refractivity contribution in [3.8, 4) is 0 Å². The second-order valence-corrected chi connectivity index (χ2v) is 18.7. The van der Waals surface area contributed by atoms with Crippen LogP contribution in [0.4, 0.5) is 0 Å². The summed E-state index contributed by atoms with van der Waals surface area (Å²) >= 11 is 0. The molecule has 2 heteroatoms. The Morgan fingerprint density at radius 2 is 1.08 bits per heavy atom. The first-order chi connectivity index (χ1) is 32.3. The van der Waals surface area contributed by atoms with E-state index in [0.717, 1.165) is 43.4 Å². The zero-order valence-electron chi connectivity index (χ0n) is 38.9. The van der Waals surface area contributed by atoms with Gasteiger partial charge in [-0.05, 0) is 126 Å². The van der Waals surface area contributed by atoms with Crippen molar-refractivity contribution in [3.05, 3.63) is 297 Å². The molecule has 2 aliphatic carbocycles. The molecule has 0 radical (unpaired) electrons. The van der Waals surface area contributed by atoms with Crippen LogP contribution >= 0.6 is 0 Å². The van der Waals surface area contributed by atoms with Crippen LogP contribution in [0.1, 0.15) is 106 Å². The molecule has 1 aliphatic heterocycles. The summed E-state index contributed by atoms with van der Waals surface area (Å²) in [5, 5.41) is 0. The van der Waals surface area contributed by atoms with E-state index in [1.54, 1.807) is 0 Å². The lowest BCUT2D eigenvalue weighted by Crippen LogP contribution is -2.48. The summed E-state index contributed by atoms with van der Waals surface area (Å²) in [5.41, 5.74) is 16.3. The van der Waals surface area contributed by atoms with Gasteiger partial charge in [-0.2, -0.15) is 0 Å². The molecular formula is C64H60N2. The summed E-state index contributed by atoms with van der Waals surface area (Å²) < 4.78 is 0. The number of allylic oxidation sites excluding steroid dienone is 8. The molecule has 326 valence electrons. The standard InChI is InChI=1S/C64H60N2/c1-47-26-23-27-48(2)60(47)61-65-59(49-28-24-42-57(44-49)63(50-29-11-5-12-30-50,51-31-13-6-14-32-51)52-33-15-7-16-34-52)46-62(3,66(61)4)56-41-25-43-58(45-56)64(53-35-17-8-18-36-53,54-37-19-9-20-38-54)55-39-21-10-22-40-55/h5-6,8-15,17-21,23-39,41-45,61H,7,16,22,40,46H2,1-4H3/t61-,62?/m0/s1. The van der Waals surface area contributed by atoms with E-state index in [4.69, 9.17) is 4.99 Å². The molecule has 2 nitrogen and oxygen atoms in total. The van der Waals surface area contributed by atoms with E-state index in [-0.39, 0.29) is 6.17 Å². The van der Waals surface area contributed by atoms with Gasteiger partial charge in [0.05, 0.1) is 16.4 Å². The molecule has 10 rings (SSSR count). The Bertz CT molecular complexity index is 2890. The number of aliphatic imine (C=N–C) groups is 1. The van der Waals surface area contributed by atoms with Gasteiger partial charge in [0, 0.05) is 12.1 Å². The van der Waals surface area contributed by atoms with Crippen LogP contribution in [-0.2, 0) is 16.4 Å². The van der Waals surface area contributed by atoms with Crippen LogP contribution in [0, 0.1) is 13.8 Å². The zero-order valence-corrected chi connectivity index (χ0v) is 38.9. The van der Waals surface area contributed by atoms with Crippen molar-refractivity contribution >= 4 is 5.71 Å². The third kappa shape index (κ3) is 7.38. The number of nitrogens with zero attached hydrogens (tertiary/aromatic N) is 2. The minimum Gasteiger partial charge on any atom is -0.271 e. The van der Waals surface area contributed by atoms with Crippen molar-refractivity contribution in [2.24, 2.45) is 4.99 Å². The number of benzene rings is 7. The van der Waals surface area contributed by atoms with Gasteiger partial charge >= 0.3 is 0 Å². The summed E-state index contributed by atoms with van der Waals surface area (Å²) in [5.74, 6) is 0. The van der Waals surface area contributed by atoms with E-state index in [2.05, 4.69) is 257 Å². The Kier molecular flexibility index (Phi) is 11.9. The molecule has 0 N–H and O–H groups in total. The maximum Gasteiger partial charge on any atom is 0.129 e. The molecule has 1 unspecified atom stereocenters. The highest BCUT2D eigenvalue weighted by Crippen LogP contribution is 2.51. The first-order valence-corrected chi connectivity index (χ1v) is 23.9. The minimum absolute atomic E-state index is 0.205. The third-order valence-electron chi connectivity index (χ3n) is 15.0. The Labute approximate surface area is 393 Å². The Morgan fingerprint density at radius 3 is 1.62 bits per heavy atom. The molecule has 0 bridgehead atoms. The maximum absolute atomic E-state index is 5.86. The van der Waals surface area contributed by atoms with Crippen molar-refractivity contribution in [1.29, 1.82) is 0 Å². The fourth-order valence-corrected chi connectivity index (χ4v) is 11.6. The number of hydrogen-bond acceptors (Lipinski definition) is 2. The van der Waals surface area contributed by atoms with E-state index in [1.165, 1.54) is 66.8 Å². The highest BCUT2D eigenvalue weighted by molar-refractivity contribution is 6.02. The van der Waals surface area contributed by atoms with Crippen molar-refractivity contribution in [1.82, 2.24) is 4.90 Å². The lowest BCUT2D eigenvalue weighted by Gasteiger charge is -2.48. The Hall–Kier alpha value is -6.87. The molecule has 0 saturated carbocycles. The molecule has 0 fully saturated rings. The largest absolute Gasteiger partial charge is 0.271 e. The molecule has 0 aromatic heterocycles. The number of hydrogen-bond donors (Lipinski definition) is 0. The molecule has 66 heavy (non-hydrogen) atoms. The molecule has 3 aliphatic rings. The monoisotopic (exact) mass is 856 g/mol. The molecule has 1 heterocycles. The van der Waals surface area contributed by atoms with E-state index >= 15 is 0 Å². The van der Waals surface area contributed by atoms with E-state index < -0.39 is 16.4 Å². The predicted octanol–water partition coefficient (Wildman–Crippen LogP) is 15.3. The summed E-state index contributed by atoms with van der Waals surface area (Å²) in [6.45, 7) is 6.95. The van der Waals surface area contributed by atoms with Crippen molar-refractivity contribution in [2.75, 3.05) is 7.05 Å². The van der Waals surface area contributed by atoms with E-state index in [0.29, 0.717) is 0 Å². The highest BCUT2D eigenvalue weighted by Gasteiger charge is 2.46. The molecular weight excluding hydrogens is 797 g/mol. The molecule has 7 aromatic rings. The fourth-order valence-electron chi connectivity index (χ4n) is 11.6. The third-order valence-corrected chi connectivity index (χ3v) is 15.0. The van der Waals surface area contributed by atoms with E-state index in [1.807, 2.05) is 0 Å². The molecule has 0 spiro atoms. The van der Waals surface area contributed by atoms with Gasteiger partial charge in [0.1, 0.15) is 6.17 Å². The highest BCUT2D eigenvalue weighted by atomic mass is 15.3. The van der Waals surface area contributed by atoms with Gasteiger partial charge in [-0.15, -0.1) is 0 Å². The summed E-state index contributed by atoms with van der Waals surface area (Å²) in [4.78, 5) is 8.42. The fraction of sp³-hybridized carbons (Fsp3) is 0.203. The first-order valence-electron chi connectivity index (χ1n) is 23.9. The van der Waals surface area contributed by atoms with Crippen LogP contribution in [0.3, 0.4) is 0 Å². The molecule has 0 saturated heterocycles. The summed E-state index contributed by atoms with van der Waals surface area (Å²) in [6.07, 6.45) is 18.7. The van der Waals surface area contributed by atoms with Crippen molar-refractivity contribution in [3.63, 3.8) is 0 Å². The summed E-state index contributed by atoms with van der Waals surface area (Å²) in [7, 11) is 2.30. The van der Waals surface area contributed by atoms with E-state index in [9.17, 15) is 0 Å². The average Bonchev–Trinajstić information content (AvgIpc) is 3.38. The van der Waals surface area contributed by atoms with Gasteiger partial charge in [-0.3, -0.25) is 9.89 Å². The minimum atomic E-state index is -0.522. The normalized spacial score (nSPS) is 18.9. The quantitative estimate of drug-likeness (QED) is 0.118. The van der Waals surface area contributed by atoms with Crippen LogP contribution in [0.2, 0.25) is 0 Å². The zero-order chi connectivity index (χ0) is 45.1. The average molecular weight is 857 g/mol. The maximum atomic E-state index is 5.86. The summed E-state index contributed by atoms with van der Waals surface area (Å²) in [6, 6.07) is 70.2. The second kappa shape index (κ2) is 18.2. The molecule has 7 aromatic carbocycles. The number of rotatable bonds is 11. The molecule has 0 amide bonds. The van der Waals surface area contributed by atoms with Crippen LogP contribution in [-0.4, -0.2) is 17.7 Å². The van der Waals surface area contributed by atoms with Crippen LogP contribution in [0.5, 0.6) is 0 Å². The predicted molar refractivity (Wildman–Crippen MR) is 276 cm³/mol. The SMILES string of the molecule is Cc1cccc(C)c1[C@H]1N=C(c2cccc(C(C3=CCCC=C3)(c3ccccc3)c3ccccc3)c2)CC(C)(c2cccc(C(C3=CC=CCC3)(c3ccccc3)c3ccccc3)c2)N1C. The van der Waals surface area contributed by atoms with Gasteiger partial charge in [0.2, 0.25) is 0 Å². The smallest absolute Gasteiger partial charge is 0.129 e. The first kappa shape index (κ1) is 43.0. The van der Waals surface area contributed by atoms with Crippen LogP contribution in [0.25, 0.3) is 0 Å². The van der Waals surface area contributed by atoms with Gasteiger partial charge < -0.3 is 0 Å². The van der Waals surface area contributed by atoms with Gasteiger partial charge in [0.15, 0.2) is 0 Å². The Morgan fingerprint density at radius 1 is 0.545 bits per heavy atom. The lowest BCUT2D eigenvalue weighted by atomic mass is 9.62. The van der Waals surface area contributed by atoms with Gasteiger partial charge in [-0.25, -0.2) is 0 Å². The number of aryl methyl sites for hydroxylation is 2. The van der Waals surface area contributed by atoms with Crippen LogP contribution < -0.4 is 0 Å². The Balaban J connectivity index is 1.18. The van der Waals surface area contributed by atoms with Crippen molar-refractivity contribution in [2.45, 2.75) is 75.4 Å². The van der Waals surface area contributed by atoms with Gasteiger partial charge in [0.25, 0.3) is 0 Å². The second-order valence-electron chi connectivity index (χ2n) is 18.7. The van der Waals surface area contributed by atoms with Crippen LogP contribution in [0.15, 0.2) is 241 Å². The lowest BCUT2D eigenvalue weighted by molar-refractivity contribution is 0.0810. The van der Waals surface area contributed by atoms with Gasteiger partial charge in [-0.1, -0.05) is 224 Å².